The number of non-ortho nitro benzene ring substituents is 1. The molecule has 0 spiro atoms. The van der Waals surface area contributed by atoms with Gasteiger partial charge in [0.1, 0.15) is 0 Å². The van der Waals surface area contributed by atoms with Crippen molar-refractivity contribution in [3.63, 3.8) is 0 Å². The molecular weight excluding hydrogens is 238 g/mol. The summed E-state index contributed by atoms with van der Waals surface area (Å²) in [6.07, 6.45) is 0.275. The maximum absolute atomic E-state index is 11.8. The van der Waals surface area contributed by atoms with Crippen LogP contribution in [0.4, 0.5) is 5.69 Å². The van der Waals surface area contributed by atoms with Crippen LogP contribution in [0.1, 0.15) is 30.1 Å². The van der Waals surface area contributed by atoms with Gasteiger partial charge < -0.3 is 5.11 Å². The standard InChI is InChI=1S/C12H13NO5/c1-2-8(12(15)16)7-11(14)9-3-5-10(6-4-9)13(17)18/h3-6,8H,2,7H2,1H3,(H,15,16). The monoisotopic (exact) mass is 251 g/mol. The smallest absolute Gasteiger partial charge is 0.306 e. The Balaban J connectivity index is 2.78. The highest BCUT2D eigenvalue weighted by Crippen LogP contribution is 2.16. The Morgan fingerprint density at radius 2 is 1.89 bits per heavy atom. The molecule has 0 amide bonds. The van der Waals surface area contributed by atoms with E-state index in [2.05, 4.69) is 0 Å². The number of ketones is 1. The topological polar surface area (TPSA) is 97.5 Å². The molecule has 1 unspecified atom stereocenters. The lowest BCUT2D eigenvalue weighted by atomic mass is 9.96. The molecule has 1 atom stereocenters. The highest BCUT2D eigenvalue weighted by atomic mass is 16.6. The molecule has 0 aliphatic carbocycles. The fourth-order valence-electron chi connectivity index (χ4n) is 1.52. The lowest BCUT2D eigenvalue weighted by molar-refractivity contribution is -0.384. The SMILES string of the molecule is CCC(CC(=O)c1ccc([N+](=O)[O-])cc1)C(=O)O. The van der Waals surface area contributed by atoms with E-state index in [0.717, 1.165) is 0 Å². The van der Waals surface area contributed by atoms with Crippen molar-refractivity contribution < 1.29 is 19.6 Å². The summed E-state index contributed by atoms with van der Waals surface area (Å²) in [4.78, 5) is 32.4. The summed E-state index contributed by atoms with van der Waals surface area (Å²) in [5, 5.41) is 19.3. The first-order chi connectivity index (χ1) is 8.45. The van der Waals surface area contributed by atoms with Crippen molar-refractivity contribution in [1.82, 2.24) is 0 Å². The van der Waals surface area contributed by atoms with Crippen LogP contribution in [0.5, 0.6) is 0 Å². The van der Waals surface area contributed by atoms with E-state index in [-0.39, 0.29) is 17.9 Å². The molecule has 18 heavy (non-hydrogen) atoms. The molecule has 1 rings (SSSR count). The first kappa shape index (κ1) is 13.8. The summed E-state index contributed by atoms with van der Waals surface area (Å²) < 4.78 is 0. The van der Waals surface area contributed by atoms with E-state index in [9.17, 15) is 19.7 Å². The van der Waals surface area contributed by atoms with E-state index in [1.807, 2.05) is 0 Å². The molecule has 6 heteroatoms. The van der Waals surface area contributed by atoms with Crippen LogP contribution in [0.2, 0.25) is 0 Å². The van der Waals surface area contributed by atoms with Crippen molar-refractivity contribution in [1.29, 1.82) is 0 Å². The number of aliphatic carboxylic acids is 1. The minimum atomic E-state index is -1.01. The van der Waals surface area contributed by atoms with Crippen LogP contribution in [0.15, 0.2) is 24.3 Å². The van der Waals surface area contributed by atoms with Crippen molar-refractivity contribution in [3.8, 4) is 0 Å². The molecule has 0 aromatic heterocycles. The minimum Gasteiger partial charge on any atom is -0.481 e. The number of carbonyl (C=O) groups excluding carboxylic acids is 1. The van der Waals surface area contributed by atoms with Gasteiger partial charge in [-0.2, -0.15) is 0 Å². The van der Waals surface area contributed by atoms with E-state index in [4.69, 9.17) is 5.11 Å². The van der Waals surface area contributed by atoms with Gasteiger partial charge in [0, 0.05) is 24.1 Å². The van der Waals surface area contributed by atoms with E-state index in [0.29, 0.717) is 12.0 Å². The minimum absolute atomic E-state index is 0.0936. The first-order valence-electron chi connectivity index (χ1n) is 5.46. The van der Waals surface area contributed by atoms with Gasteiger partial charge in [0.05, 0.1) is 10.8 Å². The second kappa shape index (κ2) is 5.90. The Morgan fingerprint density at radius 3 is 2.28 bits per heavy atom. The lowest BCUT2D eigenvalue weighted by Crippen LogP contribution is -2.17. The van der Waals surface area contributed by atoms with E-state index < -0.39 is 16.8 Å². The zero-order valence-corrected chi connectivity index (χ0v) is 9.83. The van der Waals surface area contributed by atoms with E-state index >= 15 is 0 Å². The largest absolute Gasteiger partial charge is 0.481 e. The zero-order chi connectivity index (χ0) is 13.7. The Kier molecular flexibility index (Phi) is 4.53. The van der Waals surface area contributed by atoms with Gasteiger partial charge in [-0.05, 0) is 18.6 Å². The number of rotatable bonds is 6. The molecule has 0 fully saturated rings. The average Bonchev–Trinajstić information content (AvgIpc) is 2.35. The summed E-state index contributed by atoms with van der Waals surface area (Å²) in [6.45, 7) is 1.70. The molecule has 96 valence electrons. The summed E-state index contributed by atoms with van der Waals surface area (Å²) >= 11 is 0. The van der Waals surface area contributed by atoms with Gasteiger partial charge in [-0.15, -0.1) is 0 Å². The normalized spacial score (nSPS) is 11.8. The number of carboxylic acids is 1. The van der Waals surface area contributed by atoms with Gasteiger partial charge in [0.25, 0.3) is 5.69 Å². The molecule has 0 bridgehead atoms. The molecule has 0 aliphatic heterocycles. The zero-order valence-electron chi connectivity index (χ0n) is 9.83. The fourth-order valence-corrected chi connectivity index (χ4v) is 1.52. The van der Waals surface area contributed by atoms with Crippen LogP contribution in [0.25, 0.3) is 0 Å². The molecule has 0 heterocycles. The van der Waals surface area contributed by atoms with Crippen LogP contribution < -0.4 is 0 Å². The maximum Gasteiger partial charge on any atom is 0.306 e. The molecule has 0 aliphatic rings. The Hall–Kier alpha value is -2.24. The summed E-state index contributed by atoms with van der Waals surface area (Å²) in [6, 6.07) is 5.15. The molecule has 1 aromatic carbocycles. The van der Waals surface area contributed by atoms with Crippen molar-refractivity contribution in [3.05, 3.63) is 39.9 Å². The number of nitro groups is 1. The second-order valence-electron chi connectivity index (χ2n) is 3.87. The maximum atomic E-state index is 11.8. The number of benzene rings is 1. The van der Waals surface area contributed by atoms with Crippen LogP contribution in [-0.2, 0) is 4.79 Å². The van der Waals surface area contributed by atoms with Gasteiger partial charge in [-0.25, -0.2) is 0 Å². The van der Waals surface area contributed by atoms with Crippen LogP contribution in [0, 0.1) is 16.0 Å². The Bertz CT molecular complexity index is 466. The molecule has 1 aromatic rings. The van der Waals surface area contributed by atoms with Crippen LogP contribution >= 0.6 is 0 Å². The number of hydrogen-bond donors (Lipinski definition) is 1. The quantitative estimate of drug-likeness (QED) is 0.475. The third-order valence-corrected chi connectivity index (χ3v) is 2.67. The average molecular weight is 251 g/mol. The van der Waals surface area contributed by atoms with Crippen molar-refractivity contribution in [2.45, 2.75) is 19.8 Å². The van der Waals surface area contributed by atoms with Crippen LogP contribution in [-0.4, -0.2) is 21.8 Å². The molecular formula is C12H13NO5. The van der Waals surface area contributed by atoms with Gasteiger partial charge in [0.2, 0.25) is 0 Å². The predicted molar refractivity (Wildman–Crippen MR) is 63.5 cm³/mol. The Labute approximate surface area is 103 Å². The van der Waals surface area contributed by atoms with Crippen molar-refractivity contribution in [2.75, 3.05) is 0 Å². The fraction of sp³-hybridized carbons (Fsp3) is 0.333. The second-order valence-corrected chi connectivity index (χ2v) is 3.87. The third-order valence-electron chi connectivity index (χ3n) is 2.67. The third kappa shape index (κ3) is 3.38. The van der Waals surface area contributed by atoms with E-state index in [1.54, 1.807) is 6.92 Å². The molecule has 1 N–H and O–H groups in total. The summed E-state index contributed by atoms with van der Waals surface area (Å²) in [5.74, 6) is -2.04. The van der Waals surface area contributed by atoms with Crippen LogP contribution in [0.3, 0.4) is 0 Å². The van der Waals surface area contributed by atoms with E-state index in [1.165, 1.54) is 24.3 Å². The van der Waals surface area contributed by atoms with Crippen molar-refractivity contribution >= 4 is 17.4 Å². The molecule has 0 saturated heterocycles. The van der Waals surface area contributed by atoms with Gasteiger partial charge >= 0.3 is 5.97 Å². The highest BCUT2D eigenvalue weighted by Gasteiger charge is 2.20. The molecule has 0 saturated carbocycles. The lowest BCUT2D eigenvalue weighted by Gasteiger charge is -2.08. The molecule has 6 nitrogen and oxygen atoms in total. The van der Waals surface area contributed by atoms with Gasteiger partial charge in [-0.1, -0.05) is 6.92 Å². The first-order valence-corrected chi connectivity index (χ1v) is 5.46. The number of hydrogen-bond acceptors (Lipinski definition) is 4. The van der Waals surface area contributed by atoms with Gasteiger partial charge in [-0.3, -0.25) is 19.7 Å². The molecule has 0 radical (unpaired) electrons. The number of Topliss-reactive ketones (excluding diaryl/α,β-unsaturated/α-hetero) is 1. The summed E-state index contributed by atoms with van der Waals surface area (Å²) in [7, 11) is 0. The predicted octanol–water partition coefficient (Wildman–Crippen LogP) is 2.28. The number of carboxylic acid groups (broad SMARTS) is 1. The highest BCUT2D eigenvalue weighted by molar-refractivity contribution is 5.98. The number of nitro benzene ring substituents is 1. The summed E-state index contributed by atoms with van der Waals surface area (Å²) in [5.41, 5.74) is 0.192. The number of carbonyl (C=O) groups is 2. The number of nitrogens with zero attached hydrogens (tertiary/aromatic N) is 1. The van der Waals surface area contributed by atoms with Gasteiger partial charge in [0.15, 0.2) is 5.78 Å². The van der Waals surface area contributed by atoms with Crippen molar-refractivity contribution in [2.24, 2.45) is 5.92 Å². The Morgan fingerprint density at radius 1 is 1.33 bits per heavy atom.